The Morgan fingerprint density at radius 1 is 0.292 bits per heavy atom. The molecule has 0 saturated heterocycles. The van der Waals surface area contributed by atoms with Crippen LogP contribution in [0, 0.1) is 0 Å². The zero-order valence-corrected chi connectivity index (χ0v) is 37.8. The van der Waals surface area contributed by atoms with Crippen LogP contribution in [0.4, 0.5) is 0 Å². The van der Waals surface area contributed by atoms with Gasteiger partial charge in [-0.3, -0.25) is 17.6 Å². The molecule has 72 heavy (non-hydrogen) atoms. The topological polar surface area (TPSA) is 108 Å². The Morgan fingerprint density at radius 2 is 0.736 bits per heavy atom. The molecule has 11 heteroatoms. The lowest BCUT2D eigenvalue weighted by atomic mass is 9.97. The van der Waals surface area contributed by atoms with Crippen LogP contribution in [0.5, 0.6) is 0 Å². The minimum absolute atomic E-state index is 0.630. The molecule has 0 saturated carbocycles. The van der Waals surface area contributed by atoms with E-state index in [0.29, 0.717) is 11.6 Å². The van der Waals surface area contributed by atoms with E-state index in [4.69, 9.17) is 9.97 Å². The monoisotopic (exact) mass is 917 g/mol. The number of rotatable bonds is 3. The largest absolute Gasteiger partial charge is 0.277 e. The smallest absolute Gasteiger partial charge is 0.220 e. The van der Waals surface area contributed by atoms with Crippen LogP contribution >= 0.6 is 0 Å². The van der Waals surface area contributed by atoms with Gasteiger partial charge in [-0.15, -0.1) is 0 Å². The number of hydrogen-bond donors (Lipinski definition) is 0. The molecular weight excluding hydrogens is 887 g/mol. The molecule has 0 bridgehead atoms. The summed E-state index contributed by atoms with van der Waals surface area (Å²) < 4.78 is 9.30. The summed E-state index contributed by atoms with van der Waals surface area (Å²) in [4.78, 5) is 33.4. The zero-order chi connectivity index (χ0) is 46.5. The Balaban J connectivity index is 0.824. The van der Waals surface area contributed by atoms with Gasteiger partial charge in [0.25, 0.3) is 0 Å². The number of aromatic nitrogens is 11. The first kappa shape index (κ1) is 36.9. The first-order chi connectivity index (χ1) is 35.6. The van der Waals surface area contributed by atoms with E-state index in [1.54, 1.807) is 25.0 Å². The maximum absolute atomic E-state index is 5.44. The molecule has 0 amide bonds. The van der Waals surface area contributed by atoms with Gasteiger partial charge in [0.15, 0.2) is 11.6 Å². The molecule has 10 aromatic carbocycles. The van der Waals surface area contributed by atoms with Crippen molar-refractivity contribution in [2.75, 3.05) is 0 Å². The lowest BCUT2D eigenvalue weighted by Gasteiger charge is -2.08. The summed E-state index contributed by atoms with van der Waals surface area (Å²) in [6.07, 6.45) is 6.73. The third-order valence-corrected chi connectivity index (χ3v) is 15.4. The van der Waals surface area contributed by atoms with E-state index in [9.17, 15) is 0 Å². The molecule has 0 aliphatic carbocycles. The van der Waals surface area contributed by atoms with Gasteiger partial charge in [0, 0.05) is 45.1 Å². The maximum Gasteiger partial charge on any atom is 0.220 e. The molecule has 0 unspecified atom stereocenters. The minimum Gasteiger partial charge on any atom is -0.277 e. The molecule has 0 atom stereocenters. The SMILES string of the molecule is c1cnc(-c2cc3c4cc5ccccc5cc4n4c3c(c2)n2c3cc5ccc(-c6ccc7cc8c(cc7c6)c6cc(-c7ncncn7)cc7c6n8c6nc8cc9ccccc9cc8n76)cc5cc3nc24)nc1. The molecule has 0 aliphatic heterocycles. The normalized spacial score (nSPS) is 12.7. The fourth-order valence-electron chi connectivity index (χ4n) is 12.2. The summed E-state index contributed by atoms with van der Waals surface area (Å²) in [5.74, 6) is 3.09. The van der Waals surface area contributed by atoms with Crippen LogP contribution in [0.25, 0.3) is 165 Å². The fraction of sp³-hybridized carbons (Fsp3) is 0. The van der Waals surface area contributed by atoms with E-state index in [1.807, 2.05) is 6.07 Å². The number of imidazole rings is 4. The predicted octanol–water partition coefficient (Wildman–Crippen LogP) is 13.9. The van der Waals surface area contributed by atoms with Crippen molar-refractivity contribution in [2.24, 2.45) is 0 Å². The van der Waals surface area contributed by atoms with Crippen LogP contribution in [0.1, 0.15) is 0 Å². The second-order valence-corrected chi connectivity index (χ2v) is 19.2. The Hall–Kier alpha value is -10.1. The van der Waals surface area contributed by atoms with Crippen LogP contribution < -0.4 is 0 Å². The van der Waals surface area contributed by atoms with E-state index >= 15 is 0 Å². The molecule has 330 valence electrons. The molecule has 11 nitrogen and oxygen atoms in total. The maximum atomic E-state index is 5.44. The van der Waals surface area contributed by atoms with Gasteiger partial charge in [-0.05, 0) is 145 Å². The highest BCUT2D eigenvalue weighted by atomic mass is 15.2. The van der Waals surface area contributed by atoms with Crippen LogP contribution in [0.2, 0.25) is 0 Å². The molecule has 18 rings (SSSR count). The summed E-state index contributed by atoms with van der Waals surface area (Å²) in [5.41, 5.74) is 14.8. The lowest BCUT2D eigenvalue weighted by molar-refractivity contribution is 1.06. The van der Waals surface area contributed by atoms with Crippen LogP contribution in [0.3, 0.4) is 0 Å². The van der Waals surface area contributed by atoms with Gasteiger partial charge in [-0.2, -0.15) is 0 Å². The van der Waals surface area contributed by atoms with Gasteiger partial charge >= 0.3 is 0 Å². The van der Waals surface area contributed by atoms with Crippen molar-refractivity contribution in [3.63, 3.8) is 0 Å². The molecule has 0 N–H and O–H groups in total. The Morgan fingerprint density at radius 3 is 1.29 bits per heavy atom. The Bertz CT molecular complexity index is 5400. The van der Waals surface area contributed by atoms with Gasteiger partial charge in [0.05, 0.1) is 55.2 Å². The highest BCUT2D eigenvalue weighted by Crippen LogP contribution is 2.44. The van der Waals surface area contributed by atoms with E-state index in [1.165, 1.54) is 26.9 Å². The van der Waals surface area contributed by atoms with E-state index in [-0.39, 0.29) is 0 Å². The molecule has 8 heterocycles. The molecular formula is C61H31N11. The number of nitrogens with zero attached hydrogens (tertiary/aromatic N) is 11. The fourth-order valence-corrected chi connectivity index (χ4v) is 12.2. The first-order valence-electron chi connectivity index (χ1n) is 24.0. The van der Waals surface area contributed by atoms with Crippen molar-refractivity contribution in [3.8, 4) is 33.9 Å². The molecule has 0 fully saturated rings. The summed E-state index contributed by atoms with van der Waals surface area (Å²) in [5, 5.41) is 14.0. The first-order valence-corrected chi connectivity index (χ1v) is 24.0. The van der Waals surface area contributed by atoms with Crippen molar-refractivity contribution in [1.82, 2.24) is 52.5 Å². The third-order valence-electron chi connectivity index (χ3n) is 15.4. The highest BCUT2D eigenvalue weighted by Gasteiger charge is 2.25. The van der Waals surface area contributed by atoms with Gasteiger partial charge in [-0.25, -0.2) is 34.9 Å². The second-order valence-electron chi connectivity index (χ2n) is 19.2. The minimum atomic E-state index is 0.630. The van der Waals surface area contributed by atoms with Crippen molar-refractivity contribution in [2.45, 2.75) is 0 Å². The highest BCUT2D eigenvalue weighted by molar-refractivity contribution is 6.22. The van der Waals surface area contributed by atoms with Crippen molar-refractivity contribution in [3.05, 3.63) is 189 Å². The van der Waals surface area contributed by atoms with Gasteiger partial charge in [0.1, 0.15) is 12.7 Å². The summed E-state index contributed by atoms with van der Waals surface area (Å²) >= 11 is 0. The molecule has 0 spiro atoms. The second kappa shape index (κ2) is 12.9. The zero-order valence-electron chi connectivity index (χ0n) is 37.8. The van der Waals surface area contributed by atoms with Gasteiger partial charge in [-0.1, -0.05) is 72.8 Å². The average molecular weight is 918 g/mol. The summed E-state index contributed by atoms with van der Waals surface area (Å²) in [6, 6.07) is 59.7. The molecule has 0 radical (unpaired) electrons. The van der Waals surface area contributed by atoms with Crippen molar-refractivity contribution in [1.29, 1.82) is 0 Å². The van der Waals surface area contributed by atoms with Crippen molar-refractivity contribution >= 4 is 131 Å². The molecule has 8 aromatic heterocycles. The average Bonchev–Trinajstić information content (AvgIpc) is 4.27. The van der Waals surface area contributed by atoms with Crippen LogP contribution in [-0.4, -0.2) is 52.5 Å². The molecule has 18 aromatic rings. The lowest BCUT2D eigenvalue weighted by Crippen LogP contribution is -1.90. The number of fused-ring (bicyclic) bond motifs is 20. The van der Waals surface area contributed by atoms with Crippen LogP contribution in [-0.2, 0) is 0 Å². The van der Waals surface area contributed by atoms with Gasteiger partial charge < -0.3 is 0 Å². The van der Waals surface area contributed by atoms with Crippen molar-refractivity contribution < 1.29 is 0 Å². The quantitative estimate of drug-likeness (QED) is 0.174. The Kier molecular flexibility index (Phi) is 6.62. The van der Waals surface area contributed by atoms with E-state index in [0.717, 1.165) is 127 Å². The number of benzene rings is 10. The van der Waals surface area contributed by atoms with E-state index in [2.05, 4.69) is 200 Å². The summed E-state index contributed by atoms with van der Waals surface area (Å²) in [7, 11) is 0. The predicted molar refractivity (Wildman–Crippen MR) is 289 cm³/mol. The van der Waals surface area contributed by atoms with E-state index < -0.39 is 0 Å². The third kappa shape index (κ3) is 4.71. The summed E-state index contributed by atoms with van der Waals surface area (Å²) in [6.45, 7) is 0. The Labute approximate surface area is 404 Å². The van der Waals surface area contributed by atoms with Gasteiger partial charge in [0.2, 0.25) is 11.6 Å². The molecule has 0 aliphatic rings. The standard InChI is InChI=1S/C61H31N11/c1-3-8-34-24-50-44(18-32(34)6-1)46-20-42(58-63-14-5-15-64-58)28-54-56(46)71(50)61-68-49-23-41-17-37(11-13-39(41)27-53(49)70(54)61)36-10-12-38-25-51-45(19-40(38)16-36)47-21-43(59-65-30-62-31-66-59)29-55-57(47)72(51)60-67-48-22-33-7-2-4-9-35(33)26-52(48)69(55)60/h1-31H. The number of hydrogen-bond acceptors (Lipinski definition) is 7. The van der Waals surface area contributed by atoms with Crippen LogP contribution in [0.15, 0.2) is 189 Å².